The second-order valence-electron chi connectivity index (χ2n) is 14.3. The van der Waals surface area contributed by atoms with E-state index < -0.39 is 0 Å². The van der Waals surface area contributed by atoms with Crippen molar-refractivity contribution >= 4 is 11.7 Å². The van der Waals surface area contributed by atoms with Crippen molar-refractivity contribution in [2.24, 2.45) is 40.4 Å². The van der Waals surface area contributed by atoms with E-state index in [-0.39, 0.29) is 17.4 Å². The highest BCUT2D eigenvalue weighted by molar-refractivity contribution is 5.79. The number of carbonyl (C=O) groups is 2. The van der Waals surface area contributed by atoms with Crippen molar-refractivity contribution in [3.8, 4) is 0 Å². The summed E-state index contributed by atoms with van der Waals surface area (Å²) in [6, 6.07) is 10.1. The average molecular weight is 536 g/mol. The summed E-state index contributed by atoms with van der Waals surface area (Å²) in [6.45, 7) is 5.55. The van der Waals surface area contributed by atoms with Gasteiger partial charge in [-0.3, -0.25) is 9.59 Å². The first kappa shape index (κ1) is 28.8. The van der Waals surface area contributed by atoms with Gasteiger partial charge in [0, 0.05) is 25.8 Å². The van der Waals surface area contributed by atoms with Crippen LogP contribution in [0.15, 0.2) is 30.3 Å². The fraction of sp³-hybridized carbons (Fsp3) is 0.771. The predicted molar refractivity (Wildman–Crippen MR) is 157 cm³/mol. The molecule has 0 heterocycles. The van der Waals surface area contributed by atoms with Crippen molar-refractivity contribution in [3.63, 3.8) is 0 Å². The van der Waals surface area contributed by atoms with Gasteiger partial charge in [0.15, 0.2) is 0 Å². The van der Waals surface area contributed by atoms with E-state index in [4.69, 9.17) is 0 Å². The molecule has 0 aliphatic heterocycles. The van der Waals surface area contributed by atoms with Gasteiger partial charge in [-0.25, -0.2) is 0 Å². The van der Waals surface area contributed by atoms with Gasteiger partial charge in [0.25, 0.3) is 0 Å². The highest BCUT2D eigenvalue weighted by Crippen LogP contribution is 2.67. The number of Topliss-reactive ketones (excluding diaryl/α,β-unsaturated/α-hetero) is 1. The molecule has 4 saturated carbocycles. The molecule has 1 aromatic rings. The van der Waals surface area contributed by atoms with Crippen molar-refractivity contribution in [1.82, 2.24) is 5.32 Å². The monoisotopic (exact) mass is 535 g/mol. The van der Waals surface area contributed by atoms with Gasteiger partial charge in [0.2, 0.25) is 5.91 Å². The van der Waals surface area contributed by atoms with E-state index >= 15 is 0 Å². The topological polar surface area (TPSA) is 66.4 Å². The summed E-state index contributed by atoms with van der Waals surface area (Å²) in [5, 5.41) is 14.0. The Labute approximate surface area is 237 Å². The number of fused-ring (bicyclic) bond motifs is 5. The smallest absolute Gasteiger partial charge is 0.220 e. The first-order valence-electron chi connectivity index (χ1n) is 16.3. The van der Waals surface area contributed by atoms with Crippen LogP contribution >= 0.6 is 0 Å². The number of unbranched alkanes of at least 4 members (excludes halogenated alkanes) is 5. The van der Waals surface area contributed by atoms with Gasteiger partial charge in [0.1, 0.15) is 5.78 Å². The second-order valence-corrected chi connectivity index (χ2v) is 14.3. The molecule has 0 radical (unpaired) electrons. The number of hydrogen-bond acceptors (Lipinski definition) is 3. The Bertz CT molecular complexity index is 977. The molecule has 4 heteroatoms. The van der Waals surface area contributed by atoms with Crippen molar-refractivity contribution in [1.29, 1.82) is 0 Å². The van der Waals surface area contributed by atoms with Gasteiger partial charge in [-0.2, -0.15) is 0 Å². The van der Waals surface area contributed by atoms with Crippen LogP contribution in [-0.2, 0) is 16.1 Å². The Morgan fingerprint density at radius 2 is 1.64 bits per heavy atom. The Morgan fingerprint density at radius 1 is 0.923 bits per heavy atom. The van der Waals surface area contributed by atoms with Gasteiger partial charge in [-0.15, -0.1) is 0 Å². The number of carbonyl (C=O) groups excluding carboxylic acids is 2. The molecular formula is C35H53NO3. The number of ketones is 1. The molecule has 0 aromatic heterocycles. The SMILES string of the molecule is C[C@]12CCC(=O)C[C@@H]1C[C@@H](CCCCCCCCC(=O)NCc1ccccc1)[C@@H]1[C@@H]2CC[C@]2(C)[C@@H](O)CC[C@@H]12. The maximum absolute atomic E-state index is 12.5. The summed E-state index contributed by atoms with van der Waals surface area (Å²) in [7, 11) is 0. The number of benzene rings is 1. The van der Waals surface area contributed by atoms with Gasteiger partial charge in [-0.1, -0.05) is 82.7 Å². The Kier molecular flexibility index (Phi) is 9.21. The van der Waals surface area contributed by atoms with Crippen LogP contribution in [0.5, 0.6) is 0 Å². The molecule has 216 valence electrons. The lowest BCUT2D eigenvalue weighted by molar-refractivity contribution is -0.156. The molecule has 39 heavy (non-hydrogen) atoms. The van der Waals surface area contributed by atoms with Crippen LogP contribution < -0.4 is 5.32 Å². The van der Waals surface area contributed by atoms with Gasteiger partial charge >= 0.3 is 0 Å². The minimum Gasteiger partial charge on any atom is -0.393 e. The molecule has 0 unspecified atom stereocenters. The van der Waals surface area contributed by atoms with E-state index in [0.717, 1.165) is 61.8 Å². The minimum absolute atomic E-state index is 0.112. The van der Waals surface area contributed by atoms with Gasteiger partial charge in [0.05, 0.1) is 6.10 Å². The molecule has 0 bridgehead atoms. The fourth-order valence-corrected chi connectivity index (χ4v) is 9.77. The lowest BCUT2D eigenvalue weighted by Gasteiger charge is -2.62. The molecule has 4 fully saturated rings. The number of nitrogens with one attached hydrogen (secondary N) is 1. The molecule has 0 saturated heterocycles. The molecule has 4 aliphatic rings. The first-order chi connectivity index (χ1) is 18.8. The molecule has 4 aliphatic carbocycles. The van der Waals surface area contributed by atoms with Crippen molar-refractivity contribution in [2.75, 3.05) is 0 Å². The standard InChI is InChI=1S/C35H53NO3/c1-34-20-18-28(37)23-27(34)22-26(33-29-16-17-31(38)35(29,2)21-19-30(33)34)14-10-5-3-4-6-11-15-32(39)36-24-25-12-8-7-9-13-25/h7-9,12-13,26-27,29-31,33,38H,3-6,10-11,14-24H2,1-2H3,(H,36,39)/t26-,27+,29+,30+,31+,33+,34+,35+/m1/s1. The first-order valence-corrected chi connectivity index (χ1v) is 16.3. The maximum Gasteiger partial charge on any atom is 0.220 e. The van der Waals surface area contributed by atoms with Crippen LogP contribution in [0.2, 0.25) is 0 Å². The average Bonchev–Trinajstić information content (AvgIpc) is 3.24. The second kappa shape index (κ2) is 12.5. The predicted octanol–water partition coefficient (Wildman–Crippen LogP) is 7.62. The summed E-state index contributed by atoms with van der Waals surface area (Å²) < 4.78 is 0. The minimum atomic E-state index is -0.122. The van der Waals surface area contributed by atoms with Crippen molar-refractivity contribution in [2.45, 2.75) is 129 Å². The van der Waals surface area contributed by atoms with E-state index in [0.29, 0.717) is 36.0 Å². The van der Waals surface area contributed by atoms with Crippen LogP contribution in [0.25, 0.3) is 0 Å². The number of rotatable bonds is 11. The van der Waals surface area contributed by atoms with E-state index in [1.54, 1.807) is 0 Å². The summed E-state index contributed by atoms with van der Waals surface area (Å²) in [4.78, 5) is 24.6. The van der Waals surface area contributed by atoms with Crippen LogP contribution in [0.3, 0.4) is 0 Å². The third kappa shape index (κ3) is 6.16. The number of hydrogen-bond donors (Lipinski definition) is 2. The normalized spacial score (nSPS) is 37.6. The molecule has 1 amide bonds. The molecule has 5 rings (SSSR count). The zero-order valence-electron chi connectivity index (χ0n) is 24.6. The summed E-state index contributed by atoms with van der Waals surface area (Å²) in [6.07, 6.45) is 17.5. The van der Waals surface area contributed by atoms with Crippen LogP contribution in [0.1, 0.15) is 122 Å². The Hall–Kier alpha value is -1.68. The molecular weight excluding hydrogens is 482 g/mol. The number of amides is 1. The van der Waals surface area contributed by atoms with E-state index in [2.05, 4.69) is 19.2 Å². The Balaban J connectivity index is 1.07. The highest BCUT2D eigenvalue weighted by Gasteiger charge is 2.62. The largest absolute Gasteiger partial charge is 0.393 e. The summed E-state index contributed by atoms with van der Waals surface area (Å²) in [5.41, 5.74) is 1.59. The molecule has 8 atom stereocenters. The van der Waals surface area contributed by atoms with Crippen LogP contribution in [0, 0.1) is 40.4 Å². The number of aliphatic hydroxyl groups excluding tert-OH is 1. The van der Waals surface area contributed by atoms with E-state index in [1.165, 1.54) is 57.8 Å². The zero-order chi connectivity index (χ0) is 27.5. The van der Waals surface area contributed by atoms with Crippen molar-refractivity contribution in [3.05, 3.63) is 35.9 Å². The molecule has 0 spiro atoms. The van der Waals surface area contributed by atoms with Crippen LogP contribution in [-0.4, -0.2) is 22.9 Å². The van der Waals surface area contributed by atoms with Crippen LogP contribution in [0.4, 0.5) is 0 Å². The summed E-state index contributed by atoms with van der Waals surface area (Å²) >= 11 is 0. The highest BCUT2D eigenvalue weighted by atomic mass is 16.3. The third-order valence-electron chi connectivity index (χ3n) is 12.2. The maximum atomic E-state index is 12.5. The van der Waals surface area contributed by atoms with Gasteiger partial charge < -0.3 is 10.4 Å². The lowest BCUT2D eigenvalue weighted by Crippen LogP contribution is -2.57. The summed E-state index contributed by atoms with van der Waals surface area (Å²) in [5.74, 6) is 4.11. The van der Waals surface area contributed by atoms with Crippen molar-refractivity contribution < 1.29 is 14.7 Å². The molecule has 4 nitrogen and oxygen atoms in total. The number of aliphatic hydroxyl groups is 1. The zero-order valence-corrected chi connectivity index (χ0v) is 24.6. The fourth-order valence-electron chi connectivity index (χ4n) is 9.77. The lowest BCUT2D eigenvalue weighted by atomic mass is 9.42. The van der Waals surface area contributed by atoms with E-state index in [1.807, 2.05) is 30.3 Å². The Morgan fingerprint density at radius 3 is 2.44 bits per heavy atom. The third-order valence-corrected chi connectivity index (χ3v) is 12.2. The molecule has 1 aromatic carbocycles. The molecule has 2 N–H and O–H groups in total. The van der Waals surface area contributed by atoms with Gasteiger partial charge in [-0.05, 0) is 90.9 Å². The quantitative estimate of drug-likeness (QED) is 0.286. The van der Waals surface area contributed by atoms with E-state index in [9.17, 15) is 14.7 Å².